The van der Waals surface area contributed by atoms with Crippen molar-refractivity contribution in [1.29, 1.82) is 0 Å². The highest BCUT2D eigenvalue weighted by Crippen LogP contribution is 2.08. The van der Waals surface area contributed by atoms with E-state index < -0.39 is 22.0 Å². The van der Waals surface area contributed by atoms with Crippen molar-refractivity contribution in [1.82, 2.24) is 0 Å². The molecule has 94 valence electrons. The molecule has 0 fully saturated rings. The van der Waals surface area contributed by atoms with Crippen LogP contribution in [0.15, 0.2) is 30.3 Å². The minimum absolute atomic E-state index is 0.348. The van der Waals surface area contributed by atoms with Gasteiger partial charge in [-0.2, -0.15) is 0 Å². The molecule has 0 aliphatic heterocycles. The van der Waals surface area contributed by atoms with Crippen LogP contribution >= 0.6 is 0 Å². The van der Waals surface area contributed by atoms with Gasteiger partial charge in [0, 0.05) is 16.6 Å². The number of para-hydroxylation sites is 1. The summed E-state index contributed by atoms with van der Waals surface area (Å²) in [6.07, 6.45) is 0.582. The molecule has 2 unspecified atom stereocenters. The van der Waals surface area contributed by atoms with Gasteiger partial charge in [0.2, 0.25) is 0 Å². The lowest BCUT2D eigenvalue weighted by Gasteiger charge is -2.07. The van der Waals surface area contributed by atoms with Gasteiger partial charge < -0.3 is 9.84 Å². The topological polar surface area (TPSA) is 63.6 Å². The van der Waals surface area contributed by atoms with Crippen LogP contribution < -0.4 is 4.74 Å². The van der Waals surface area contributed by atoms with Crippen LogP contribution in [0.2, 0.25) is 0 Å². The predicted octanol–water partition coefficient (Wildman–Crippen LogP) is 1.68. The van der Waals surface area contributed by atoms with Gasteiger partial charge in [-0.15, -0.1) is 0 Å². The Kier molecular flexibility index (Phi) is 5.69. The fourth-order valence-corrected chi connectivity index (χ4v) is 2.18. The van der Waals surface area contributed by atoms with E-state index in [0.717, 1.165) is 5.75 Å². The van der Waals surface area contributed by atoms with E-state index in [-0.39, 0.29) is 0 Å². The van der Waals surface area contributed by atoms with Crippen LogP contribution in [-0.2, 0) is 15.6 Å². The molecule has 0 saturated carbocycles. The third-order valence-corrected chi connectivity index (χ3v) is 3.93. The van der Waals surface area contributed by atoms with Crippen LogP contribution in [0.25, 0.3) is 0 Å². The van der Waals surface area contributed by atoms with Gasteiger partial charge in [-0.05, 0) is 25.5 Å². The van der Waals surface area contributed by atoms with Gasteiger partial charge in [0.05, 0.1) is 6.61 Å². The molecule has 2 atom stereocenters. The van der Waals surface area contributed by atoms with E-state index in [0.29, 0.717) is 18.8 Å². The van der Waals surface area contributed by atoms with Crippen molar-refractivity contribution in [2.75, 3.05) is 12.4 Å². The van der Waals surface area contributed by atoms with Gasteiger partial charge in [0.1, 0.15) is 11.0 Å². The zero-order valence-electron chi connectivity index (χ0n) is 9.67. The van der Waals surface area contributed by atoms with E-state index in [2.05, 4.69) is 0 Å². The summed E-state index contributed by atoms with van der Waals surface area (Å²) in [6, 6.07) is 9.34. The van der Waals surface area contributed by atoms with Gasteiger partial charge in [-0.3, -0.25) is 9.00 Å². The summed E-state index contributed by atoms with van der Waals surface area (Å²) in [5, 5.41) is 7.85. The molecule has 0 amide bonds. The zero-order valence-corrected chi connectivity index (χ0v) is 10.5. The first-order valence-corrected chi connectivity index (χ1v) is 6.77. The fraction of sp³-hybridized carbons (Fsp3) is 0.417. The van der Waals surface area contributed by atoms with Crippen molar-refractivity contribution >= 4 is 16.8 Å². The summed E-state index contributed by atoms with van der Waals surface area (Å²) in [4.78, 5) is 10.6. The standard InChI is InChI=1S/C12H16O4S/c1-10(12(13)14)17(15)9-5-8-16-11-6-3-2-4-7-11/h2-4,6-7,10H,5,8-9H2,1H3,(H,13,14). The van der Waals surface area contributed by atoms with E-state index in [9.17, 15) is 9.00 Å². The number of carbonyl (C=O) groups is 1. The Morgan fingerprint density at radius 3 is 2.65 bits per heavy atom. The summed E-state index contributed by atoms with van der Waals surface area (Å²) in [5.74, 6) is 0.0946. The van der Waals surface area contributed by atoms with Crippen molar-refractivity contribution in [3.8, 4) is 5.75 Å². The second-order valence-corrected chi connectivity index (χ2v) is 5.46. The van der Waals surface area contributed by atoms with Crippen LogP contribution in [0.4, 0.5) is 0 Å². The number of aliphatic carboxylic acids is 1. The SMILES string of the molecule is CC(C(=O)O)S(=O)CCCOc1ccccc1. The molecule has 0 radical (unpaired) electrons. The molecular formula is C12H16O4S. The lowest BCUT2D eigenvalue weighted by molar-refractivity contribution is -0.136. The van der Waals surface area contributed by atoms with Gasteiger partial charge >= 0.3 is 5.97 Å². The molecule has 0 bridgehead atoms. The molecule has 0 aliphatic rings. The molecule has 1 rings (SSSR count). The van der Waals surface area contributed by atoms with Crippen LogP contribution in [-0.4, -0.2) is 32.9 Å². The van der Waals surface area contributed by atoms with Crippen LogP contribution in [0.1, 0.15) is 13.3 Å². The Morgan fingerprint density at radius 1 is 1.41 bits per heavy atom. The molecule has 0 saturated heterocycles. The minimum atomic E-state index is -1.33. The van der Waals surface area contributed by atoms with E-state index in [1.807, 2.05) is 30.3 Å². The Bertz CT molecular complexity index is 377. The van der Waals surface area contributed by atoms with E-state index in [4.69, 9.17) is 9.84 Å². The van der Waals surface area contributed by atoms with E-state index >= 15 is 0 Å². The second kappa shape index (κ2) is 7.06. The molecule has 1 aromatic carbocycles. The Morgan fingerprint density at radius 2 is 2.06 bits per heavy atom. The van der Waals surface area contributed by atoms with Crippen LogP contribution in [0, 0.1) is 0 Å². The summed E-state index contributed by atoms with van der Waals surface area (Å²) >= 11 is 0. The van der Waals surface area contributed by atoms with Gasteiger partial charge in [0.25, 0.3) is 0 Å². The molecule has 0 spiro atoms. The molecule has 1 aromatic rings. The van der Waals surface area contributed by atoms with Gasteiger partial charge in [0.15, 0.2) is 0 Å². The Hall–Kier alpha value is -1.36. The molecule has 0 aromatic heterocycles. The van der Waals surface area contributed by atoms with Crippen LogP contribution in [0.3, 0.4) is 0 Å². The number of rotatable bonds is 7. The highest BCUT2D eigenvalue weighted by Gasteiger charge is 2.17. The maximum Gasteiger partial charge on any atom is 0.318 e. The maximum atomic E-state index is 11.5. The van der Waals surface area contributed by atoms with Gasteiger partial charge in [-0.25, -0.2) is 0 Å². The van der Waals surface area contributed by atoms with Crippen LogP contribution in [0.5, 0.6) is 5.75 Å². The third kappa shape index (κ3) is 4.99. The normalized spacial score (nSPS) is 13.9. The summed E-state index contributed by atoms with van der Waals surface area (Å²) in [5.41, 5.74) is 0. The molecule has 17 heavy (non-hydrogen) atoms. The van der Waals surface area contributed by atoms with Crippen molar-refractivity contribution in [2.45, 2.75) is 18.6 Å². The maximum absolute atomic E-state index is 11.5. The number of benzene rings is 1. The first-order chi connectivity index (χ1) is 8.11. The number of hydrogen-bond acceptors (Lipinski definition) is 3. The number of hydrogen-bond donors (Lipinski definition) is 1. The Labute approximate surface area is 103 Å². The number of carboxylic acids is 1. The first kappa shape index (κ1) is 13.7. The van der Waals surface area contributed by atoms with Crippen molar-refractivity contribution in [3.05, 3.63) is 30.3 Å². The second-order valence-electron chi connectivity index (χ2n) is 3.58. The van der Waals surface area contributed by atoms with Crippen molar-refractivity contribution in [2.24, 2.45) is 0 Å². The largest absolute Gasteiger partial charge is 0.494 e. The van der Waals surface area contributed by atoms with Crippen molar-refractivity contribution < 1.29 is 18.8 Å². The first-order valence-electron chi connectivity index (χ1n) is 5.39. The zero-order chi connectivity index (χ0) is 12.7. The van der Waals surface area contributed by atoms with E-state index in [1.54, 1.807) is 0 Å². The summed E-state index contributed by atoms with van der Waals surface area (Å²) < 4.78 is 16.9. The lowest BCUT2D eigenvalue weighted by atomic mass is 10.3. The molecule has 0 heterocycles. The summed E-state index contributed by atoms with van der Waals surface area (Å²) in [6.45, 7) is 1.90. The number of carboxylic acid groups (broad SMARTS) is 1. The average molecular weight is 256 g/mol. The molecule has 0 aliphatic carbocycles. The molecular weight excluding hydrogens is 240 g/mol. The van der Waals surface area contributed by atoms with E-state index in [1.165, 1.54) is 6.92 Å². The monoisotopic (exact) mass is 256 g/mol. The smallest absolute Gasteiger partial charge is 0.318 e. The molecule has 4 nitrogen and oxygen atoms in total. The quantitative estimate of drug-likeness (QED) is 0.754. The molecule has 5 heteroatoms. The molecule has 1 N–H and O–H groups in total. The highest BCUT2D eigenvalue weighted by atomic mass is 32.2. The minimum Gasteiger partial charge on any atom is -0.494 e. The lowest BCUT2D eigenvalue weighted by Crippen LogP contribution is -2.24. The number of ether oxygens (including phenoxy) is 1. The fourth-order valence-electron chi connectivity index (χ4n) is 1.20. The highest BCUT2D eigenvalue weighted by molar-refractivity contribution is 7.86. The Balaban J connectivity index is 2.21. The predicted molar refractivity (Wildman–Crippen MR) is 66.7 cm³/mol. The van der Waals surface area contributed by atoms with Gasteiger partial charge in [-0.1, -0.05) is 18.2 Å². The average Bonchev–Trinajstić information content (AvgIpc) is 2.34. The third-order valence-electron chi connectivity index (χ3n) is 2.24. The summed E-state index contributed by atoms with van der Waals surface area (Å²) in [7, 11) is -1.33. The van der Waals surface area contributed by atoms with Crippen molar-refractivity contribution in [3.63, 3.8) is 0 Å².